The van der Waals surface area contributed by atoms with Crippen LogP contribution in [0.3, 0.4) is 0 Å². The maximum Gasteiger partial charge on any atom is 0.317 e. The number of nitrogens with one attached hydrogen (secondary N) is 2. The summed E-state index contributed by atoms with van der Waals surface area (Å²) in [6.45, 7) is 4.01. The van der Waals surface area contributed by atoms with E-state index in [9.17, 15) is 13.6 Å². The third kappa shape index (κ3) is 1.65. The second kappa shape index (κ2) is 3.55. The van der Waals surface area contributed by atoms with Crippen molar-refractivity contribution in [3.05, 3.63) is 0 Å². The normalized spacial score (nSPS) is 25.9. The highest BCUT2D eigenvalue weighted by Crippen LogP contribution is 2.46. The van der Waals surface area contributed by atoms with Crippen molar-refractivity contribution in [1.29, 1.82) is 0 Å². The predicted octanol–water partition coefficient (Wildman–Crippen LogP) is 0.645. The first kappa shape index (κ1) is 11.6. The van der Waals surface area contributed by atoms with Crippen LogP contribution in [0, 0.1) is 5.41 Å². The lowest BCUT2D eigenvalue weighted by atomic mass is 9.76. The molecular weight excluding hydrogens is 216 g/mol. The maximum atomic E-state index is 13.5. The average molecular weight is 233 g/mol. The standard InChI is InChI=1S/C10H17F2N3O/c1-7(2)14-8(16)15-5-9(6-15)3-13-4-10(9,11)12/h7,13H,3-6H2,1-2H3,(H,14,16). The summed E-state index contributed by atoms with van der Waals surface area (Å²) in [6.07, 6.45) is 0. The zero-order valence-corrected chi connectivity index (χ0v) is 9.52. The molecule has 2 heterocycles. The zero-order valence-electron chi connectivity index (χ0n) is 9.52. The van der Waals surface area contributed by atoms with Crippen molar-refractivity contribution in [1.82, 2.24) is 15.5 Å². The lowest BCUT2D eigenvalue weighted by Crippen LogP contribution is -2.67. The minimum Gasteiger partial charge on any atom is -0.336 e. The second-order valence-corrected chi connectivity index (χ2v) is 5.05. The van der Waals surface area contributed by atoms with Crippen molar-refractivity contribution >= 4 is 6.03 Å². The first-order valence-corrected chi connectivity index (χ1v) is 5.50. The summed E-state index contributed by atoms with van der Waals surface area (Å²) in [6, 6.07) is -0.213. The number of carbonyl (C=O) groups is 1. The number of hydrogen-bond donors (Lipinski definition) is 2. The van der Waals surface area contributed by atoms with Gasteiger partial charge in [-0.3, -0.25) is 0 Å². The molecule has 0 saturated carbocycles. The Kier molecular flexibility index (Phi) is 2.57. The first-order valence-electron chi connectivity index (χ1n) is 5.50. The molecule has 2 rings (SSSR count). The number of likely N-dealkylation sites (tertiary alicyclic amines) is 1. The number of urea groups is 1. The van der Waals surface area contributed by atoms with Crippen LogP contribution in [0.25, 0.3) is 0 Å². The summed E-state index contributed by atoms with van der Waals surface area (Å²) in [5.74, 6) is -2.69. The molecule has 0 radical (unpaired) electrons. The monoisotopic (exact) mass is 233 g/mol. The Morgan fingerprint density at radius 2 is 2.00 bits per heavy atom. The van der Waals surface area contributed by atoms with Crippen molar-refractivity contribution in [2.45, 2.75) is 25.8 Å². The van der Waals surface area contributed by atoms with Gasteiger partial charge in [0.1, 0.15) is 0 Å². The Labute approximate surface area is 93.4 Å². The molecule has 2 aliphatic heterocycles. The smallest absolute Gasteiger partial charge is 0.317 e. The molecule has 1 spiro atoms. The predicted molar refractivity (Wildman–Crippen MR) is 55.5 cm³/mol. The van der Waals surface area contributed by atoms with Crippen LogP contribution in [0.4, 0.5) is 13.6 Å². The fraction of sp³-hybridized carbons (Fsp3) is 0.900. The number of nitrogens with zero attached hydrogens (tertiary/aromatic N) is 1. The summed E-state index contributed by atoms with van der Waals surface area (Å²) < 4.78 is 27.0. The van der Waals surface area contributed by atoms with Crippen LogP contribution in [0.2, 0.25) is 0 Å². The van der Waals surface area contributed by atoms with Gasteiger partial charge in [-0.1, -0.05) is 0 Å². The molecule has 0 aromatic carbocycles. The summed E-state index contributed by atoms with van der Waals surface area (Å²) >= 11 is 0. The van der Waals surface area contributed by atoms with Crippen LogP contribution in [0.1, 0.15) is 13.8 Å². The van der Waals surface area contributed by atoms with E-state index in [2.05, 4.69) is 10.6 Å². The third-order valence-electron chi connectivity index (χ3n) is 3.27. The van der Waals surface area contributed by atoms with Gasteiger partial charge in [0, 0.05) is 25.7 Å². The van der Waals surface area contributed by atoms with E-state index >= 15 is 0 Å². The number of hydrogen-bond acceptors (Lipinski definition) is 2. The Morgan fingerprint density at radius 3 is 2.44 bits per heavy atom. The fourth-order valence-electron chi connectivity index (χ4n) is 2.28. The van der Waals surface area contributed by atoms with Gasteiger partial charge in [-0.05, 0) is 13.8 Å². The highest BCUT2D eigenvalue weighted by molar-refractivity contribution is 5.75. The molecule has 0 unspecified atom stereocenters. The van der Waals surface area contributed by atoms with Gasteiger partial charge in [-0.15, -0.1) is 0 Å². The fourth-order valence-corrected chi connectivity index (χ4v) is 2.28. The summed E-state index contributed by atoms with van der Waals surface area (Å²) in [4.78, 5) is 13.0. The molecule has 0 atom stereocenters. The number of rotatable bonds is 1. The number of alkyl halides is 2. The molecule has 4 nitrogen and oxygen atoms in total. The molecule has 0 aromatic rings. The van der Waals surface area contributed by atoms with E-state index in [1.165, 1.54) is 4.90 Å². The SMILES string of the molecule is CC(C)NC(=O)N1CC2(CNCC2(F)F)C1. The molecule has 0 aliphatic carbocycles. The summed E-state index contributed by atoms with van der Waals surface area (Å²) in [5, 5.41) is 5.40. The quantitative estimate of drug-likeness (QED) is 0.698. The minimum atomic E-state index is -2.69. The van der Waals surface area contributed by atoms with Crippen LogP contribution in [0.5, 0.6) is 0 Å². The molecule has 2 aliphatic rings. The van der Waals surface area contributed by atoms with E-state index in [1.807, 2.05) is 13.8 Å². The van der Waals surface area contributed by atoms with Gasteiger partial charge >= 0.3 is 6.03 Å². The topological polar surface area (TPSA) is 44.4 Å². The Morgan fingerprint density at radius 1 is 1.38 bits per heavy atom. The summed E-state index contributed by atoms with van der Waals surface area (Å²) in [7, 11) is 0. The third-order valence-corrected chi connectivity index (χ3v) is 3.27. The van der Waals surface area contributed by atoms with E-state index in [0.717, 1.165) is 0 Å². The van der Waals surface area contributed by atoms with E-state index < -0.39 is 11.3 Å². The Bertz CT molecular complexity index is 300. The van der Waals surface area contributed by atoms with Gasteiger partial charge in [-0.25, -0.2) is 13.6 Å². The molecule has 2 saturated heterocycles. The van der Waals surface area contributed by atoms with Gasteiger partial charge in [0.05, 0.1) is 12.0 Å². The lowest BCUT2D eigenvalue weighted by molar-refractivity contribution is -0.142. The van der Waals surface area contributed by atoms with Gasteiger partial charge in [0.25, 0.3) is 5.92 Å². The van der Waals surface area contributed by atoms with Gasteiger partial charge in [0.2, 0.25) is 0 Å². The molecule has 2 fully saturated rings. The molecule has 2 amide bonds. The van der Waals surface area contributed by atoms with Gasteiger partial charge in [0.15, 0.2) is 0 Å². The average Bonchev–Trinajstić information content (AvgIpc) is 2.36. The van der Waals surface area contributed by atoms with E-state index in [-0.39, 0.29) is 31.7 Å². The van der Waals surface area contributed by atoms with Crippen molar-refractivity contribution in [3.8, 4) is 0 Å². The molecule has 6 heteroatoms. The maximum absolute atomic E-state index is 13.5. The summed E-state index contributed by atoms with van der Waals surface area (Å²) in [5.41, 5.74) is -1.03. The van der Waals surface area contributed by atoms with Crippen molar-refractivity contribution in [3.63, 3.8) is 0 Å². The largest absolute Gasteiger partial charge is 0.336 e. The van der Waals surface area contributed by atoms with E-state index in [0.29, 0.717) is 6.54 Å². The molecular formula is C10H17F2N3O. The number of amides is 2. The number of carbonyl (C=O) groups excluding carboxylic acids is 1. The van der Waals surface area contributed by atoms with E-state index in [1.54, 1.807) is 0 Å². The van der Waals surface area contributed by atoms with Crippen LogP contribution < -0.4 is 10.6 Å². The zero-order chi connectivity index (χ0) is 12.0. The molecule has 2 N–H and O–H groups in total. The van der Waals surface area contributed by atoms with Crippen molar-refractivity contribution in [2.24, 2.45) is 5.41 Å². The molecule has 16 heavy (non-hydrogen) atoms. The minimum absolute atomic E-state index is 0.0336. The lowest BCUT2D eigenvalue weighted by Gasteiger charge is -2.50. The Balaban J connectivity index is 1.92. The second-order valence-electron chi connectivity index (χ2n) is 5.05. The molecule has 0 aromatic heterocycles. The highest BCUT2D eigenvalue weighted by Gasteiger charge is 2.64. The number of halogens is 2. The molecule has 92 valence electrons. The van der Waals surface area contributed by atoms with Crippen LogP contribution in [-0.2, 0) is 0 Å². The van der Waals surface area contributed by atoms with Crippen LogP contribution in [-0.4, -0.2) is 49.1 Å². The van der Waals surface area contributed by atoms with Crippen molar-refractivity contribution < 1.29 is 13.6 Å². The first-order chi connectivity index (χ1) is 7.36. The highest BCUT2D eigenvalue weighted by atomic mass is 19.3. The van der Waals surface area contributed by atoms with Crippen LogP contribution in [0.15, 0.2) is 0 Å². The van der Waals surface area contributed by atoms with E-state index in [4.69, 9.17) is 0 Å². The Hall–Kier alpha value is -0.910. The van der Waals surface area contributed by atoms with Crippen LogP contribution >= 0.6 is 0 Å². The van der Waals surface area contributed by atoms with Crippen molar-refractivity contribution in [2.75, 3.05) is 26.2 Å². The molecule has 0 bridgehead atoms. The van der Waals surface area contributed by atoms with Gasteiger partial charge < -0.3 is 15.5 Å². The van der Waals surface area contributed by atoms with Gasteiger partial charge in [-0.2, -0.15) is 0 Å².